The SMILES string of the molecule is CC[C@H](C)c1ccc(NC(=O)c2cccnc2N(C)C)cc1. The van der Waals surface area contributed by atoms with Crippen LogP contribution in [-0.4, -0.2) is 25.0 Å². The monoisotopic (exact) mass is 297 g/mol. The van der Waals surface area contributed by atoms with Crippen LogP contribution in [-0.2, 0) is 0 Å². The van der Waals surface area contributed by atoms with Gasteiger partial charge in [-0.1, -0.05) is 26.0 Å². The molecule has 0 fully saturated rings. The van der Waals surface area contributed by atoms with Gasteiger partial charge in [-0.05, 0) is 42.2 Å². The lowest BCUT2D eigenvalue weighted by Crippen LogP contribution is -2.19. The third kappa shape index (κ3) is 3.64. The summed E-state index contributed by atoms with van der Waals surface area (Å²) in [6.07, 6.45) is 2.79. The number of nitrogens with zero attached hydrogens (tertiary/aromatic N) is 2. The first kappa shape index (κ1) is 16.0. The Morgan fingerprint density at radius 2 is 1.91 bits per heavy atom. The molecule has 1 heterocycles. The largest absolute Gasteiger partial charge is 0.362 e. The molecular formula is C18H23N3O. The van der Waals surface area contributed by atoms with Crippen LogP contribution >= 0.6 is 0 Å². The maximum atomic E-state index is 12.4. The number of carbonyl (C=O) groups is 1. The summed E-state index contributed by atoms with van der Waals surface area (Å²) in [4.78, 5) is 18.5. The zero-order valence-electron chi connectivity index (χ0n) is 13.6. The molecule has 1 amide bonds. The van der Waals surface area contributed by atoms with Crippen LogP contribution in [0.15, 0.2) is 42.6 Å². The molecule has 22 heavy (non-hydrogen) atoms. The van der Waals surface area contributed by atoms with Gasteiger partial charge in [-0.15, -0.1) is 0 Å². The second-order valence-electron chi connectivity index (χ2n) is 5.65. The van der Waals surface area contributed by atoms with E-state index in [2.05, 4.69) is 36.3 Å². The van der Waals surface area contributed by atoms with Gasteiger partial charge >= 0.3 is 0 Å². The van der Waals surface area contributed by atoms with E-state index in [1.54, 1.807) is 18.3 Å². The van der Waals surface area contributed by atoms with Crippen LogP contribution < -0.4 is 10.2 Å². The molecule has 0 aliphatic heterocycles. The van der Waals surface area contributed by atoms with Gasteiger partial charge in [0.15, 0.2) is 0 Å². The molecule has 2 rings (SSSR count). The first-order chi connectivity index (χ1) is 10.5. The average Bonchev–Trinajstić information content (AvgIpc) is 2.54. The van der Waals surface area contributed by atoms with E-state index < -0.39 is 0 Å². The van der Waals surface area contributed by atoms with Gasteiger partial charge in [-0.2, -0.15) is 0 Å². The number of benzene rings is 1. The topological polar surface area (TPSA) is 45.2 Å². The van der Waals surface area contributed by atoms with E-state index in [1.165, 1.54) is 5.56 Å². The molecule has 1 atom stereocenters. The van der Waals surface area contributed by atoms with Crippen molar-refractivity contribution in [1.29, 1.82) is 0 Å². The molecule has 4 heteroatoms. The summed E-state index contributed by atoms with van der Waals surface area (Å²) in [6.45, 7) is 4.37. The highest BCUT2D eigenvalue weighted by Crippen LogP contribution is 2.21. The van der Waals surface area contributed by atoms with E-state index in [0.717, 1.165) is 12.1 Å². The standard InChI is InChI=1S/C18H23N3O/c1-5-13(2)14-8-10-15(11-9-14)20-18(22)16-7-6-12-19-17(16)21(3)4/h6-13H,5H2,1-4H3,(H,20,22)/t13-/m0/s1. The van der Waals surface area contributed by atoms with Gasteiger partial charge in [0.25, 0.3) is 5.91 Å². The zero-order valence-corrected chi connectivity index (χ0v) is 13.6. The van der Waals surface area contributed by atoms with Crippen LogP contribution in [0.3, 0.4) is 0 Å². The van der Waals surface area contributed by atoms with Crippen molar-refractivity contribution in [2.24, 2.45) is 0 Å². The molecule has 0 bridgehead atoms. The van der Waals surface area contributed by atoms with Crippen molar-refractivity contribution in [2.45, 2.75) is 26.2 Å². The molecular weight excluding hydrogens is 274 g/mol. The van der Waals surface area contributed by atoms with Gasteiger partial charge in [0.1, 0.15) is 5.82 Å². The minimum atomic E-state index is -0.145. The molecule has 1 aromatic heterocycles. The molecule has 0 unspecified atom stereocenters. The molecule has 0 saturated heterocycles. The molecule has 0 aliphatic rings. The Morgan fingerprint density at radius 1 is 1.23 bits per heavy atom. The maximum absolute atomic E-state index is 12.4. The van der Waals surface area contributed by atoms with Crippen molar-refractivity contribution in [3.8, 4) is 0 Å². The number of carbonyl (C=O) groups excluding carboxylic acids is 1. The van der Waals surface area contributed by atoms with Crippen molar-refractivity contribution in [3.63, 3.8) is 0 Å². The van der Waals surface area contributed by atoms with Crippen molar-refractivity contribution in [2.75, 3.05) is 24.3 Å². The zero-order chi connectivity index (χ0) is 16.1. The Morgan fingerprint density at radius 3 is 2.50 bits per heavy atom. The number of aromatic nitrogens is 1. The van der Waals surface area contributed by atoms with Crippen LogP contribution in [0, 0.1) is 0 Å². The Balaban J connectivity index is 2.16. The number of hydrogen-bond donors (Lipinski definition) is 1. The summed E-state index contributed by atoms with van der Waals surface area (Å²) in [5, 5.41) is 2.93. The maximum Gasteiger partial charge on any atom is 0.259 e. The van der Waals surface area contributed by atoms with Gasteiger partial charge in [0.05, 0.1) is 5.56 Å². The number of rotatable bonds is 5. The Bertz CT molecular complexity index is 635. The number of hydrogen-bond acceptors (Lipinski definition) is 3. The van der Waals surface area contributed by atoms with Gasteiger partial charge in [0, 0.05) is 26.0 Å². The molecule has 0 radical (unpaired) electrons. The molecule has 0 aliphatic carbocycles. The van der Waals surface area contributed by atoms with Gasteiger partial charge in [-0.3, -0.25) is 4.79 Å². The Labute approximate surface area is 132 Å². The van der Waals surface area contributed by atoms with Crippen LogP contribution in [0.25, 0.3) is 0 Å². The van der Waals surface area contributed by atoms with Crippen molar-refractivity contribution < 1.29 is 4.79 Å². The fourth-order valence-electron chi connectivity index (χ4n) is 2.26. The summed E-state index contributed by atoms with van der Waals surface area (Å²) >= 11 is 0. The average molecular weight is 297 g/mol. The highest BCUT2D eigenvalue weighted by atomic mass is 16.1. The molecule has 0 spiro atoms. The number of pyridine rings is 1. The van der Waals surface area contributed by atoms with Crippen LogP contribution in [0.2, 0.25) is 0 Å². The highest BCUT2D eigenvalue weighted by Gasteiger charge is 2.14. The lowest BCUT2D eigenvalue weighted by molar-refractivity contribution is 0.102. The molecule has 2 aromatic rings. The Hall–Kier alpha value is -2.36. The van der Waals surface area contributed by atoms with Gasteiger partial charge in [0.2, 0.25) is 0 Å². The molecule has 1 aromatic carbocycles. The van der Waals surface area contributed by atoms with E-state index in [-0.39, 0.29) is 5.91 Å². The fourth-order valence-corrected chi connectivity index (χ4v) is 2.26. The van der Waals surface area contributed by atoms with Crippen molar-refractivity contribution in [1.82, 2.24) is 4.98 Å². The van der Waals surface area contributed by atoms with Crippen molar-refractivity contribution >= 4 is 17.4 Å². The van der Waals surface area contributed by atoms with E-state index >= 15 is 0 Å². The summed E-state index contributed by atoms with van der Waals surface area (Å²) < 4.78 is 0. The van der Waals surface area contributed by atoms with Gasteiger partial charge in [-0.25, -0.2) is 4.98 Å². The minimum absolute atomic E-state index is 0.145. The van der Waals surface area contributed by atoms with Crippen molar-refractivity contribution in [3.05, 3.63) is 53.7 Å². The van der Waals surface area contributed by atoms with E-state index in [4.69, 9.17) is 0 Å². The summed E-state index contributed by atoms with van der Waals surface area (Å²) in [5.41, 5.74) is 2.65. The lowest BCUT2D eigenvalue weighted by Gasteiger charge is -2.15. The Kier molecular flexibility index (Phi) is 5.15. The van der Waals surface area contributed by atoms with Gasteiger partial charge < -0.3 is 10.2 Å². The predicted molar refractivity (Wildman–Crippen MR) is 91.7 cm³/mol. The minimum Gasteiger partial charge on any atom is -0.362 e. The van der Waals surface area contributed by atoms with Crippen LogP contribution in [0.5, 0.6) is 0 Å². The predicted octanol–water partition coefficient (Wildman–Crippen LogP) is 3.91. The molecule has 0 saturated carbocycles. The first-order valence-corrected chi connectivity index (χ1v) is 7.56. The fraction of sp³-hybridized carbons (Fsp3) is 0.333. The third-order valence-electron chi connectivity index (χ3n) is 3.80. The third-order valence-corrected chi connectivity index (χ3v) is 3.80. The van der Waals surface area contributed by atoms with E-state index in [9.17, 15) is 4.79 Å². The first-order valence-electron chi connectivity index (χ1n) is 7.56. The second-order valence-corrected chi connectivity index (χ2v) is 5.65. The van der Waals surface area contributed by atoms with Crippen LogP contribution in [0.4, 0.5) is 11.5 Å². The smallest absolute Gasteiger partial charge is 0.259 e. The molecule has 1 N–H and O–H groups in total. The molecule has 116 valence electrons. The van der Waals surface area contributed by atoms with E-state index in [1.807, 2.05) is 31.1 Å². The second kappa shape index (κ2) is 7.07. The molecule has 4 nitrogen and oxygen atoms in total. The quantitative estimate of drug-likeness (QED) is 0.910. The lowest BCUT2D eigenvalue weighted by atomic mass is 9.98. The highest BCUT2D eigenvalue weighted by molar-refractivity contribution is 6.07. The van der Waals surface area contributed by atoms with E-state index in [0.29, 0.717) is 17.3 Å². The summed E-state index contributed by atoms with van der Waals surface area (Å²) in [6, 6.07) is 11.6. The summed E-state index contributed by atoms with van der Waals surface area (Å²) in [5.74, 6) is 1.05. The number of anilines is 2. The number of amides is 1. The van der Waals surface area contributed by atoms with Crippen LogP contribution in [0.1, 0.15) is 42.1 Å². The number of nitrogens with one attached hydrogen (secondary N) is 1. The normalized spacial score (nSPS) is 11.8. The summed E-state index contributed by atoms with van der Waals surface area (Å²) in [7, 11) is 3.75.